The topological polar surface area (TPSA) is 69.7 Å². The minimum Gasteiger partial charge on any atom is -0.350 e. The molecule has 1 heterocycles. The molecule has 1 aliphatic rings. The summed E-state index contributed by atoms with van der Waals surface area (Å²) in [5.41, 5.74) is 3.94. The van der Waals surface area contributed by atoms with E-state index in [1.165, 1.54) is 21.5 Å². The van der Waals surface area contributed by atoms with Crippen LogP contribution >= 0.6 is 0 Å². The maximum Gasteiger partial charge on any atom is 0.251 e. The van der Waals surface area contributed by atoms with Gasteiger partial charge in [0, 0.05) is 44.3 Å². The van der Waals surface area contributed by atoms with Crippen molar-refractivity contribution >= 4 is 15.9 Å². The molecule has 0 fully saturated rings. The fraction of sp³-hybridized carbons (Fsp3) is 0.480. The van der Waals surface area contributed by atoms with E-state index in [-0.39, 0.29) is 16.8 Å². The van der Waals surface area contributed by atoms with E-state index in [2.05, 4.69) is 41.4 Å². The lowest BCUT2D eigenvalue weighted by atomic mass is 9.98. The van der Waals surface area contributed by atoms with Gasteiger partial charge in [-0.05, 0) is 48.6 Å². The molecule has 1 aliphatic heterocycles. The Morgan fingerprint density at radius 1 is 1.09 bits per heavy atom. The molecular formula is C25H35N3O3S. The van der Waals surface area contributed by atoms with Crippen LogP contribution in [0.1, 0.15) is 54.2 Å². The molecule has 0 spiro atoms. The number of nitrogens with one attached hydrogen (secondary N) is 1. The number of aryl methyl sites for hydroxylation is 1. The summed E-state index contributed by atoms with van der Waals surface area (Å²) in [6.07, 6.45) is 1.95. The zero-order chi connectivity index (χ0) is 23.3. The zero-order valence-corrected chi connectivity index (χ0v) is 20.4. The van der Waals surface area contributed by atoms with Crippen molar-refractivity contribution in [3.05, 3.63) is 64.7 Å². The third-order valence-corrected chi connectivity index (χ3v) is 8.49. The van der Waals surface area contributed by atoms with Gasteiger partial charge >= 0.3 is 0 Å². The number of benzene rings is 2. The lowest BCUT2D eigenvalue weighted by Gasteiger charge is -2.35. The standard InChI is InChI=1S/C25H35N3O3S/c1-5-22(27-15-14-20-10-8-9-11-21(20)18-27)17-26-25(29)24-16-23(13-12-19(24)4)32(30,31)28(6-2)7-3/h8-13,16,22H,5-7,14-15,17-18H2,1-4H3,(H,26,29). The first-order valence-electron chi connectivity index (χ1n) is 11.5. The van der Waals surface area contributed by atoms with E-state index in [1.807, 2.05) is 20.8 Å². The number of carbonyl (C=O) groups excluding carboxylic acids is 1. The Labute approximate surface area is 192 Å². The summed E-state index contributed by atoms with van der Waals surface area (Å²) in [7, 11) is -3.61. The van der Waals surface area contributed by atoms with Crippen LogP contribution in [-0.2, 0) is 23.0 Å². The molecule has 7 heteroatoms. The Morgan fingerprint density at radius 3 is 2.44 bits per heavy atom. The molecule has 1 unspecified atom stereocenters. The summed E-state index contributed by atoms with van der Waals surface area (Å²) < 4.78 is 27.2. The van der Waals surface area contributed by atoms with Crippen molar-refractivity contribution < 1.29 is 13.2 Å². The van der Waals surface area contributed by atoms with Gasteiger partial charge in [-0.2, -0.15) is 4.31 Å². The summed E-state index contributed by atoms with van der Waals surface area (Å²) in [6, 6.07) is 13.6. The molecule has 3 rings (SSSR count). The number of carbonyl (C=O) groups is 1. The van der Waals surface area contributed by atoms with Crippen molar-refractivity contribution in [2.75, 3.05) is 26.2 Å². The third-order valence-electron chi connectivity index (χ3n) is 6.44. The monoisotopic (exact) mass is 457 g/mol. The van der Waals surface area contributed by atoms with Crippen LogP contribution in [-0.4, -0.2) is 55.8 Å². The first-order valence-corrected chi connectivity index (χ1v) is 13.0. The van der Waals surface area contributed by atoms with Crippen LogP contribution in [0.5, 0.6) is 0 Å². The smallest absolute Gasteiger partial charge is 0.251 e. The highest BCUT2D eigenvalue weighted by Gasteiger charge is 2.25. The molecule has 0 aliphatic carbocycles. The summed E-state index contributed by atoms with van der Waals surface area (Å²) in [6.45, 7) is 10.8. The van der Waals surface area contributed by atoms with Gasteiger partial charge in [0.15, 0.2) is 0 Å². The molecule has 0 aromatic heterocycles. The first-order chi connectivity index (χ1) is 15.3. The fourth-order valence-electron chi connectivity index (χ4n) is 4.39. The SMILES string of the molecule is CCC(CNC(=O)c1cc(S(=O)(=O)N(CC)CC)ccc1C)N1CCc2ccccc2C1. The maximum atomic E-state index is 13.0. The zero-order valence-electron chi connectivity index (χ0n) is 19.6. The fourth-order valence-corrected chi connectivity index (χ4v) is 5.87. The van der Waals surface area contributed by atoms with Gasteiger partial charge in [0.1, 0.15) is 0 Å². The van der Waals surface area contributed by atoms with Gasteiger partial charge < -0.3 is 5.32 Å². The minimum atomic E-state index is -3.61. The highest BCUT2D eigenvalue weighted by molar-refractivity contribution is 7.89. The molecule has 2 aromatic rings. The van der Waals surface area contributed by atoms with Gasteiger partial charge in [0.2, 0.25) is 10.0 Å². The molecule has 0 saturated carbocycles. The number of nitrogens with zero attached hydrogens (tertiary/aromatic N) is 2. The van der Waals surface area contributed by atoms with Gasteiger partial charge in [-0.3, -0.25) is 9.69 Å². The Morgan fingerprint density at radius 2 is 1.78 bits per heavy atom. The molecule has 1 amide bonds. The molecule has 174 valence electrons. The van der Waals surface area contributed by atoms with Crippen molar-refractivity contribution in [2.24, 2.45) is 0 Å². The summed E-state index contributed by atoms with van der Waals surface area (Å²) in [4.78, 5) is 15.6. The van der Waals surface area contributed by atoms with Crippen LogP contribution < -0.4 is 5.32 Å². The van der Waals surface area contributed by atoms with Crippen molar-refractivity contribution in [2.45, 2.75) is 58.0 Å². The molecule has 1 atom stereocenters. The van der Waals surface area contributed by atoms with Crippen molar-refractivity contribution in [1.82, 2.24) is 14.5 Å². The van der Waals surface area contributed by atoms with Crippen LogP contribution in [0, 0.1) is 6.92 Å². The van der Waals surface area contributed by atoms with Crippen LogP contribution in [0.3, 0.4) is 0 Å². The van der Waals surface area contributed by atoms with E-state index in [1.54, 1.807) is 12.1 Å². The van der Waals surface area contributed by atoms with Crippen molar-refractivity contribution in [3.8, 4) is 0 Å². The Bertz CT molecular complexity index is 1050. The summed E-state index contributed by atoms with van der Waals surface area (Å²) in [5, 5.41) is 3.06. The van der Waals surface area contributed by atoms with Gasteiger partial charge in [-0.1, -0.05) is 51.1 Å². The van der Waals surface area contributed by atoms with Gasteiger partial charge in [-0.25, -0.2) is 8.42 Å². The van der Waals surface area contributed by atoms with E-state index in [0.717, 1.165) is 31.5 Å². The lowest BCUT2D eigenvalue weighted by molar-refractivity contribution is 0.0925. The van der Waals surface area contributed by atoms with Crippen LogP contribution in [0.2, 0.25) is 0 Å². The molecular weight excluding hydrogens is 422 g/mol. The predicted molar refractivity (Wildman–Crippen MR) is 128 cm³/mol. The van der Waals surface area contributed by atoms with E-state index in [9.17, 15) is 13.2 Å². The van der Waals surface area contributed by atoms with Crippen LogP contribution in [0.25, 0.3) is 0 Å². The second-order valence-corrected chi connectivity index (χ2v) is 10.3. The summed E-state index contributed by atoms with van der Waals surface area (Å²) >= 11 is 0. The maximum absolute atomic E-state index is 13.0. The molecule has 2 aromatic carbocycles. The van der Waals surface area contributed by atoms with Gasteiger partial charge in [0.25, 0.3) is 5.91 Å². The van der Waals surface area contributed by atoms with Crippen molar-refractivity contribution in [1.29, 1.82) is 0 Å². The molecule has 0 bridgehead atoms. The molecule has 0 radical (unpaired) electrons. The number of hydrogen-bond acceptors (Lipinski definition) is 4. The Hall–Kier alpha value is -2.22. The predicted octanol–water partition coefficient (Wildman–Crippen LogP) is 3.59. The van der Waals surface area contributed by atoms with Crippen molar-refractivity contribution in [3.63, 3.8) is 0 Å². The Balaban J connectivity index is 1.71. The molecule has 6 nitrogen and oxygen atoms in total. The Kier molecular flexibility index (Phi) is 8.09. The average Bonchev–Trinajstić information content (AvgIpc) is 2.80. The minimum absolute atomic E-state index is 0.164. The quantitative estimate of drug-likeness (QED) is 0.625. The van der Waals surface area contributed by atoms with E-state index in [0.29, 0.717) is 25.2 Å². The number of hydrogen-bond donors (Lipinski definition) is 1. The number of rotatable bonds is 9. The number of sulfonamides is 1. The second-order valence-electron chi connectivity index (χ2n) is 8.33. The second kappa shape index (κ2) is 10.6. The normalized spacial score (nSPS) is 15.4. The van der Waals surface area contributed by atoms with Crippen LogP contribution in [0.15, 0.2) is 47.4 Å². The van der Waals surface area contributed by atoms with E-state index < -0.39 is 10.0 Å². The third kappa shape index (κ3) is 5.22. The van der Waals surface area contributed by atoms with E-state index >= 15 is 0 Å². The lowest BCUT2D eigenvalue weighted by Crippen LogP contribution is -2.45. The first kappa shape index (κ1) is 24.4. The average molecular weight is 458 g/mol. The highest BCUT2D eigenvalue weighted by Crippen LogP contribution is 2.22. The van der Waals surface area contributed by atoms with E-state index in [4.69, 9.17) is 0 Å². The van der Waals surface area contributed by atoms with Gasteiger partial charge in [0.05, 0.1) is 4.90 Å². The summed E-state index contributed by atoms with van der Waals surface area (Å²) in [5.74, 6) is -0.227. The van der Waals surface area contributed by atoms with Crippen LogP contribution in [0.4, 0.5) is 0 Å². The largest absolute Gasteiger partial charge is 0.350 e. The molecule has 32 heavy (non-hydrogen) atoms. The molecule has 1 N–H and O–H groups in total. The number of fused-ring (bicyclic) bond motifs is 1. The highest BCUT2D eigenvalue weighted by atomic mass is 32.2. The number of amides is 1. The molecule has 0 saturated heterocycles. The van der Waals surface area contributed by atoms with Gasteiger partial charge in [-0.15, -0.1) is 0 Å².